The maximum absolute atomic E-state index is 11.0. The zero-order valence-corrected chi connectivity index (χ0v) is 9.01. The quantitative estimate of drug-likeness (QED) is 0.681. The largest absolute Gasteiger partial charge is 0.342 e. The van der Waals surface area contributed by atoms with Crippen LogP contribution in [0.4, 0.5) is 0 Å². The third-order valence-corrected chi connectivity index (χ3v) is 1.52. The summed E-state index contributed by atoms with van der Waals surface area (Å²) in [6.07, 6.45) is 3.55. The molecule has 1 aromatic heterocycles. The number of halogens is 2. The van der Waals surface area contributed by atoms with Crippen molar-refractivity contribution >= 4 is 38.7 Å². The highest BCUT2D eigenvalue weighted by atomic mass is 79.9. The Morgan fingerprint density at radius 3 is 2.91 bits per heavy atom. The second-order valence-corrected chi connectivity index (χ2v) is 2.62. The minimum atomic E-state index is 0. The predicted octanol–water partition coefficient (Wildman–Crippen LogP) is 1.96. The molecule has 0 amide bonds. The third kappa shape index (κ3) is 3.16. The second kappa shape index (κ2) is 5.49. The van der Waals surface area contributed by atoms with Gasteiger partial charge in [-0.1, -0.05) is 15.9 Å². The Balaban J connectivity index is 0.000001000. The van der Waals surface area contributed by atoms with Gasteiger partial charge in [-0.3, -0.25) is 4.79 Å². The number of carbonyl (C=O) groups excluding carboxylic acids is 1. The van der Waals surface area contributed by atoms with E-state index in [1.165, 1.54) is 12.5 Å². The van der Waals surface area contributed by atoms with E-state index in [-0.39, 0.29) is 22.8 Å². The number of ketones is 1. The minimum Gasteiger partial charge on any atom is -0.342 e. The molecule has 0 saturated heterocycles. The standard InChI is InChI=1S/C6H7BrN2O.BrH/c7-2-1-6(10)5-3-8-4-9-5;/h3-4H,1-2H2,(H,8,9);1H. The number of rotatable bonds is 3. The van der Waals surface area contributed by atoms with Gasteiger partial charge in [0, 0.05) is 11.8 Å². The van der Waals surface area contributed by atoms with Gasteiger partial charge in [-0.15, -0.1) is 17.0 Å². The van der Waals surface area contributed by atoms with Crippen LogP contribution in [0.2, 0.25) is 0 Å². The van der Waals surface area contributed by atoms with Crippen molar-refractivity contribution in [1.82, 2.24) is 9.97 Å². The van der Waals surface area contributed by atoms with Gasteiger partial charge in [0.05, 0.1) is 12.5 Å². The smallest absolute Gasteiger partial charge is 0.181 e. The van der Waals surface area contributed by atoms with E-state index in [4.69, 9.17) is 0 Å². The zero-order chi connectivity index (χ0) is 7.40. The van der Waals surface area contributed by atoms with Crippen molar-refractivity contribution in [3.05, 3.63) is 18.2 Å². The van der Waals surface area contributed by atoms with Crippen LogP contribution in [0.5, 0.6) is 0 Å². The summed E-state index contributed by atoms with van der Waals surface area (Å²) < 4.78 is 0. The molecule has 0 fully saturated rings. The summed E-state index contributed by atoms with van der Waals surface area (Å²) in [6.45, 7) is 0. The Morgan fingerprint density at radius 2 is 2.45 bits per heavy atom. The van der Waals surface area contributed by atoms with Crippen molar-refractivity contribution < 1.29 is 4.79 Å². The minimum absolute atomic E-state index is 0. The lowest BCUT2D eigenvalue weighted by atomic mass is 10.2. The van der Waals surface area contributed by atoms with Gasteiger partial charge in [-0.2, -0.15) is 0 Å². The molecule has 1 N–H and O–H groups in total. The average Bonchev–Trinajstić information content (AvgIpc) is 2.38. The van der Waals surface area contributed by atoms with Crippen LogP contribution >= 0.6 is 32.9 Å². The molecule has 0 bridgehead atoms. The van der Waals surface area contributed by atoms with E-state index in [1.807, 2.05) is 0 Å². The molecule has 0 radical (unpaired) electrons. The van der Waals surface area contributed by atoms with Gasteiger partial charge in [0.1, 0.15) is 5.69 Å². The summed E-state index contributed by atoms with van der Waals surface area (Å²) in [5, 5.41) is 0.699. The Bertz CT molecular complexity index is 210. The lowest BCUT2D eigenvalue weighted by molar-refractivity contribution is 0.0985. The lowest BCUT2D eigenvalue weighted by Crippen LogP contribution is -1.98. The van der Waals surface area contributed by atoms with Crippen LogP contribution in [-0.4, -0.2) is 21.1 Å². The van der Waals surface area contributed by atoms with Crippen LogP contribution in [0, 0.1) is 0 Å². The number of nitrogens with zero attached hydrogens (tertiary/aromatic N) is 1. The fraction of sp³-hybridized carbons (Fsp3) is 0.333. The number of Topliss-reactive ketones (excluding diaryl/α,β-unsaturated/α-hetero) is 1. The van der Waals surface area contributed by atoms with Crippen LogP contribution in [0.25, 0.3) is 0 Å². The summed E-state index contributed by atoms with van der Waals surface area (Å²) in [7, 11) is 0. The highest BCUT2D eigenvalue weighted by Crippen LogP contribution is 1.98. The summed E-state index contributed by atoms with van der Waals surface area (Å²) in [5.41, 5.74) is 0.583. The van der Waals surface area contributed by atoms with E-state index in [2.05, 4.69) is 25.9 Å². The zero-order valence-electron chi connectivity index (χ0n) is 5.71. The van der Waals surface area contributed by atoms with Gasteiger partial charge in [0.15, 0.2) is 5.78 Å². The maximum atomic E-state index is 11.0. The number of aromatic nitrogens is 2. The summed E-state index contributed by atoms with van der Waals surface area (Å²) in [5.74, 6) is 0.0920. The first-order valence-electron chi connectivity index (χ1n) is 2.92. The molecule has 0 aliphatic rings. The molecule has 0 atom stereocenters. The Morgan fingerprint density at radius 1 is 1.73 bits per heavy atom. The molecule has 1 heterocycles. The second-order valence-electron chi connectivity index (χ2n) is 1.83. The van der Waals surface area contributed by atoms with E-state index in [0.717, 1.165) is 0 Å². The van der Waals surface area contributed by atoms with Crippen LogP contribution in [0.15, 0.2) is 12.5 Å². The summed E-state index contributed by atoms with van der Waals surface area (Å²) in [6, 6.07) is 0. The maximum Gasteiger partial charge on any atom is 0.181 e. The number of alkyl halides is 1. The van der Waals surface area contributed by atoms with E-state index in [9.17, 15) is 4.79 Å². The first kappa shape index (κ1) is 10.8. The molecule has 0 aliphatic heterocycles. The number of nitrogens with one attached hydrogen (secondary N) is 1. The van der Waals surface area contributed by atoms with Gasteiger partial charge < -0.3 is 4.98 Å². The van der Waals surface area contributed by atoms with Crippen molar-refractivity contribution in [3.8, 4) is 0 Å². The molecule has 0 saturated carbocycles. The van der Waals surface area contributed by atoms with Crippen LogP contribution in [0.1, 0.15) is 16.9 Å². The molecule has 1 aromatic rings. The van der Waals surface area contributed by atoms with Crippen LogP contribution in [-0.2, 0) is 0 Å². The number of hydrogen-bond acceptors (Lipinski definition) is 2. The SMILES string of the molecule is Br.O=C(CCBr)c1cnc[nH]1. The topological polar surface area (TPSA) is 45.8 Å². The fourth-order valence-electron chi connectivity index (χ4n) is 0.629. The van der Waals surface area contributed by atoms with Gasteiger partial charge in [-0.05, 0) is 0 Å². The number of imidazole rings is 1. The lowest BCUT2D eigenvalue weighted by Gasteiger charge is -1.89. The number of aromatic amines is 1. The number of hydrogen-bond donors (Lipinski definition) is 1. The van der Waals surface area contributed by atoms with Crippen LogP contribution < -0.4 is 0 Å². The van der Waals surface area contributed by atoms with Crippen molar-refractivity contribution in [2.45, 2.75) is 6.42 Å². The Hall–Kier alpha value is -0.160. The van der Waals surface area contributed by atoms with Crippen molar-refractivity contribution in [3.63, 3.8) is 0 Å². The first-order chi connectivity index (χ1) is 4.84. The van der Waals surface area contributed by atoms with E-state index in [0.29, 0.717) is 17.4 Å². The van der Waals surface area contributed by atoms with Gasteiger partial charge in [0.25, 0.3) is 0 Å². The predicted molar refractivity (Wildman–Crippen MR) is 51.7 cm³/mol. The first-order valence-corrected chi connectivity index (χ1v) is 4.04. The molecule has 11 heavy (non-hydrogen) atoms. The molecular weight excluding hydrogens is 276 g/mol. The van der Waals surface area contributed by atoms with Crippen molar-refractivity contribution in [2.24, 2.45) is 0 Å². The highest BCUT2D eigenvalue weighted by molar-refractivity contribution is 9.09. The molecule has 0 unspecified atom stereocenters. The molecule has 3 nitrogen and oxygen atoms in total. The average molecular weight is 284 g/mol. The molecule has 0 spiro atoms. The van der Waals surface area contributed by atoms with Gasteiger partial charge >= 0.3 is 0 Å². The third-order valence-electron chi connectivity index (χ3n) is 1.12. The normalized spacial score (nSPS) is 8.82. The fourth-order valence-corrected chi connectivity index (χ4v) is 0.989. The Kier molecular flexibility index (Phi) is 5.41. The molecule has 0 aliphatic carbocycles. The summed E-state index contributed by atoms with van der Waals surface area (Å²) >= 11 is 3.18. The van der Waals surface area contributed by atoms with Gasteiger partial charge in [0.2, 0.25) is 0 Å². The van der Waals surface area contributed by atoms with Crippen molar-refractivity contribution in [1.29, 1.82) is 0 Å². The molecular formula is C6H8Br2N2O. The van der Waals surface area contributed by atoms with Crippen LogP contribution in [0.3, 0.4) is 0 Å². The molecule has 0 aromatic carbocycles. The Labute approximate surface area is 83.5 Å². The molecule has 1 rings (SSSR count). The van der Waals surface area contributed by atoms with Crippen molar-refractivity contribution in [2.75, 3.05) is 5.33 Å². The van der Waals surface area contributed by atoms with E-state index < -0.39 is 0 Å². The number of H-pyrrole nitrogens is 1. The highest BCUT2D eigenvalue weighted by Gasteiger charge is 2.03. The number of carbonyl (C=O) groups is 1. The van der Waals surface area contributed by atoms with E-state index in [1.54, 1.807) is 0 Å². The monoisotopic (exact) mass is 282 g/mol. The summed E-state index contributed by atoms with van der Waals surface area (Å²) in [4.78, 5) is 17.5. The molecule has 5 heteroatoms. The van der Waals surface area contributed by atoms with E-state index >= 15 is 0 Å². The molecule has 62 valence electrons. The van der Waals surface area contributed by atoms with Gasteiger partial charge in [-0.25, -0.2) is 4.98 Å².